The van der Waals surface area contributed by atoms with Gasteiger partial charge in [-0.05, 0) is 30.9 Å². The van der Waals surface area contributed by atoms with Crippen LogP contribution in [0.2, 0.25) is 0 Å². The summed E-state index contributed by atoms with van der Waals surface area (Å²) in [6.45, 7) is 0. The Balaban J connectivity index is 2.36. The highest BCUT2D eigenvalue weighted by Gasteiger charge is 2.06. The average molecular weight is 233 g/mol. The molecule has 17 heavy (non-hydrogen) atoms. The van der Waals surface area contributed by atoms with Gasteiger partial charge in [-0.15, -0.1) is 0 Å². The van der Waals surface area contributed by atoms with E-state index in [0.29, 0.717) is 12.0 Å². The van der Waals surface area contributed by atoms with Crippen LogP contribution >= 0.6 is 0 Å². The molecule has 92 valence electrons. The first-order valence-electron chi connectivity index (χ1n) is 6.07. The predicted octanol–water partition coefficient (Wildman–Crippen LogP) is 2.48. The van der Waals surface area contributed by atoms with Gasteiger partial charge in [0, 0.05) is 12.0 Å². The van der Waals surface area contributed by atoms with Crippen LogP contribution in [0.25, 0.3) is 0 Å². The van der Waals surface area contributed by atoms with Gasteiger partial charge in [0.1, 0.15) is 6.29 Å². The lowest BCUT2D eigenvalue weighted by atomic mass is 10.0. The fraction of sp³-hybridized carbons (Fsp3) is 0.429. The van der Waals surface area contributed by atoms with E-state index in [9.17, 15) is 9.59 Å². The Hall–Kier alpha value is -1.64. The summed E-state index contributed by atoms with van der Waals surface area (Å²) in [7, 11) is 0. The Bertz CT molecular complexity index is 374. The summed E-state index contributed by atoms with van der Waals surface area (Å²) in [5, 5.41) is 0. The van der Waals surface area contributed by atoms with Gasteiger partial charge in [-0.1, -0.05) is 31.0 Å². The van der Waals surface area contributed by atoms with E-state index in [1.165, 1.54) is 0 Å². The van der Waals surface area contributed by atoms with Crippen molar-refractivity contribution >= 4 is 12.2 Å². The second kappa shape index (κ2) is 7.60. The molecule has 0 atom stereocenters. The lowest BCUT2D eigenvalue weighted by Gasteiger charge is -2.05. The molecule has 0 spiro atoms. The molecule has 1 rings (SSSR count). The highest BCUT2D eigenvalue weighted by Crippen LogP contribution is 2.13. The normalized spacial score (nSPS) is 10.1. The monoisotopic (exact) mass is 233 g/mol. The molecular weight excluding hydrogens is 214 g/mol. The van der Waals surface area contributed by atoms with E-state index >= 15 is 0 Å². The van der Waals surface area contributed by atoms with Crippen molar-refractivity contribution in [1.82, 2.24) is 0 Å². The van der Waals surface area contributed by atoms with Gasteiger partial charge in [-0.3, -0.25) is 4.79 Å². The van der Waals surface area contributed by atoms with E-state index in [-0.39, 0.29) is 5.91 Å². The third kappa shape index (κ3) is 4.81. The highest BCUT2D eigenvalue weighted by molar-refractivity contribution is 5.94. The molecule has 3 nitrogen and oxygen atoms in total. The molecule has 0 saturated heterocycles. The molecular formula is C14H19NO2. The predicted molar refractivity (Wildman–Crippen MR) is 67.8 cm³/mol. The van der Waals surface area contributed by atoms with Crippen LogP contribution in [0.5, 0.6) is 0 Å². The van der Waals surface area contributed by atoms with Gasteiger partial charge in [0.2, 0.25) is 5.91 Å². The number of rotatable bonds is 8. The standard InChI is InChI=1S/C14H19NO2/c15-14(17)13-10-6-5-9-12(13)8-4-2-1-3-7-11-16/h5-6,9-11H,1-4,7-8H2,(H2,15,17). The van der Waals surface area contributed by atoms with Crippen LogP contribution in [0.4, 0.5) is 0 Å². The molecule has 0 bridgehead atoms. The fourth-order valence-electron chi connectivity index (χ4n) is 1.88. The smallest absolute Gasteiger partial charge is 0.248 e. The van der Waals surface area contributed by atoms with E-state index in [2.05, 4.69) is 0 Å². The maximum absolute atomic E-state index is 11.2. The second-order valence-electron chi connectivity index (χ2n) is 4.14. The first kappa shape index (κ1) is 13.4. The zero-order valence-electron chi connectivity index (χ0n) is 10.0. The van der Waals surface area contributed by atoms with Crippen LogP contribution in [0.15, 0.2) is 24.3 Å². The van der Waals surface area contributed by atoms with Crippen LogP contribution in [0.1, 0.15) is 48.0 Å². The summed E-state index contributed by atoms with van der Waals surface area (Å²) < 4.78 is 0. The zero-order valence-corrected chi connectivity index (χ0v) is 10.0. The lowest BCUT2D eigenvalue weighted by Crippen LogP contribution is -2.13. The molecule has 0 saturated carbocycles. The van der Waals surface area contributed by atoms with Crippen LogP contribution in [0, 0.1) is 0 Å². The summed E-state index contributed by atoms with van der Waals surface area (Å²) in [5.74, 6) is -0.360. The second-order valence-corrected chi connectivity index (χ2v) is 4.14. The SMILES string of the molecule is NC(=O)c1ccccc1CCCCCCC=O. The number of carbonyl (C=O) groups excluding carboxylic acids is 2. The third-order valence-corrected chi connectivity index (χ3v) is 2.80. The van der Waals surface area contributed by atoms with E-state index in [0.717, 1.165) is 44.0 Å². The molecule has 0 unspecified atom stereocenters. The first-order chi connectivity index (χ1) is 8.25. The molecule has 0 aromatic heterocycles. The van der Waals surface area contributed by atoms with Crippen LogP contribution < -0.4 is 5.73 Å². The molecule has 0 aliphatic rings. The van der Waals surface area contributed by atoms with Crippen molar-refractivity contribution in [3.05, 3.63) is 35.4 Å². The molecule has 1 amide bonds. The number of hydrogen-bond donors (Lipinski definition) is 1. The van der Waals surface area contributed by atoms with Gasteiger partial charge < -0.3 is 10.5 Å². The van der Waals surface area contributed by atoms with Crippen LogP contribution in [0.3, 0.4) is 0 Å². The van der Waals surface area contributed by atoms with Gasteiger partial charge >= 0.3 is 0 Å². The number of carbonyl (C=O) groups is 2. The van der Waals surface area contributed by atoms with E-state index in [1.807, 2.05) is 18.2 Å². The summed E-state index contributed by atoms with van der Waals surface area (Å²) in [4.78, 5) is 21.3. The maximum Gasteiger partial charge on any atom is 0.248 e. The average Bonchev–Trinajstić information content (AvgIpc) is 2.34. The van der Waals surface area contributed by atoms with E-state index in [1.54, 1.807) is 6.07 Å². The number of hydrogen-bond acceptors (Lipinski definition) is 2. The maximum atomic E-state index is 11.2. The lowest BCUT2D eigenvalue weighted by molar-refractivity contribution is -0.107. The number of nitrogens with two attached hydrogens (primary N) is 1. The quantitative estimate of drug-likeness (QED) is 0.554. The van der Waals surface area contributed by atoms with Crippen molar-refractivity contribution in [2.45, 2.75) is 38.5 Å². The van der Waals surface area contributed by atoms with Crippen LogP contribution in [-0.4, -0.2) is 12.2 Å². The van der Waals surface area contributed by atoms with Gasteiger partial charge in [-0.25, -0.2) is 0 Å². The topological polar surface area (TPSA) is 60.2 Å². The molecule has 1 aromatic rings. The van der Waals surface area contributed by atoms with Crippen molar-refractivity contribution in [3.8, 4) is 0 Å². The van der Waals surface area contributed by atoms with Crippen molar-refractivity contribution in [3.63, 3.8) is 0 Å². The Kier molecular flexibility index (Phi) is 6.00. The summed E-state index contributed by atoms with van der Waals surface area (Å²) in [6, 6.07) is 7.47. The van der Waals surface area contributed by atoms with Crippen molar-refractivity contribution in [1.29, 1.82) is 0 Å². The van der Waals surface area contributed by atoms with Crippen LogP contribution in [-0.2, 0) is 11.2 Å². The largest absolute Gasteiger partial charge is 0.366 e. The van der Waals surface area contributed by atoms with Crippen molar-refractivity contribution < 1.29 is 9.59 Å². The molecule has 0 fully saturated rings. The Morgan fingerprint density at radius 1 is 1.12 bits per heavy atom. The molecule has 0 heterocycles. The van der Waals surface area contributed by atoms with Gasteiger partial charge in [0.15, 0.2) is 0 Å². The highest BCUT2D eigenvalue weighted by atomic mass is 16.1. The van der Waals surface area contributed by atoms with Crippen molar-refractivity contribution in [2.24, 2.45) is 5.73 Å². The minimum atomic E-state index is -0.360. The number of primary amides is 1. The number of aldehydes is 1. The minimum absolute atomic E-state index is 0.360. The number of benzene rings is 1. The molecule has 0 radical (unpaired) electrons. The Labute approximate surface area is 102 Å². The molecule has 3 heteroatoms. The van der Waals surface area contributed by atoms with Gasteiger partial charge in [0.25, 0.3) is 0 Å². The summed E-state index contributed by atoms with van der Waals surface area (Å²) in [5.41, 5.74) is 6.96. The van der Waals surface area contributed by atoms with E-state index in [4.69, 9.17) is 5.73 Å². The van der Waals surface area contributed by atoms with E-state index < -0.39 is 0 Å². The molecule has 0 aliphatic heterocycles. The summed E-state index contributed by atoms with van der Waals surface area (Å²) >= 11 is 0. The minimum Gasteiger partial charge on any atom is -0.366 e. The fourth-order valence-corrected chi connectivity index (χ4v) is 1.88. The summed E-state index contributed by atoms with van der Waals surface area (Å²) in [6.07, 6.45) is 6.63. The van der Waals surface area contributed by atoms with Crippen molar-refractivity contribution in [2.75, 3.05) is 0 Å². The molecule has 0 aliphatic carbocycles. The number of aryl methyl sites for hydroxylation is 1. The van der Waals surface area contributed by atoms with Gasteiger partial charge in [-0.2, -0.15) is 0 Å². The number of amides is 1. The number of unbranched alkanes of at least 4 members (excludes halogenated alkanes) is 4. The third-order valence-electron chi connectivity index (χ3n) is 2.80. The molecule has 1 aromatic carbocycles. The Morgan fingerprint density at radius 3 is 2.53 bits per heavy atom. The first-order valence-corrected chi connectivity index (χ1v) is 6.07. The Morgan fingerprint density at radius 2 is 1.82 bits per heavy atom. The zero-order chi connectivity index (χ0) is 12.5. The van der Waals surface area contributed by atoms with Gasteiger partial charge in [0.05, 0.1) is 0 Å². The molecule has 2 N–H and O–H groups in total.